The van der Waals surface area contributed by atoms with Gasteiger partial charge in [0.05, 0.1) is 6.10 Å². The first-order valence-electron chi connectivity index (χ1n) is 4.42. The summed E-state index contributed by atoms with van der Waals surface area (Å²) in [4.78, 5) is 0. The highest BCUT2D eigenvalue weighted by Gasteiger charge is 2.25. The Morgan fingerprint density at radius 3 is 2.85 bits per heavy atom. The quantitative estimate of drug-likeness (QED) is 0.639. The van der Waals surface area contributed by atoms with Gasteiger partial charge in [0.2, 0.25) is 0 Å². The molecule has 2 atom stereocenters. The van der Waals surface area contributed by atoms with E-state index < -0.39 is 6.10 Å². The summed E-state index contributed by atoms with van der Waals surface area (Å²) in [6.45, 7) is 0. The molecule has 1 aliphatic rings. The molecule has 1 aromatic carbocycles. The number of aliphatic hydroxyl groups is 1. The van der Waals surface area contributed by atoms with Crippen LogP contribution in [0.15, 0.2) is 18.2 Å². The van der Waals surface area contributed by atoms with Gasteiger partial charge in [0.1, 0.15) is 5.82 Å². The van der Waals surface area contributed by atoms with Crippen LogP contribution in [0.2, 0.25) is 0 Å². The molecule has 1 aromatic rings. The lowest BCUT2D eigenvalue weighted by molar-refractivity contribution is 0.146. The first-order chi connectivity index (χ1) is 6.20. The molecule has 1 aliphatic carbocycles. The number of rotatable bonds is 0. The van der Waals surface area contributed by atoms with E-state index in [0.29, 0.717) is 12.0 Å². The zero-order chi connectivity index (χ0) is 9.42. The summed E-state index contributed by atoms with van der Waals surface area (Å²) in [7, 11) is 0. The van der Waals surface area contributed by atoms with Gasteiger partial charge in [0, 0.05) is 11.6 Å². The first kappa shape index (κ1) is 8.66. The van der Waals surface area contributed by atoms with Crippen LogP contribution in [0, 0.1) is 5.82 Å². The Labute approximate surface area is 76.2 Å². The lowest BCUT2D eigenvalue weighted by Gasteiger charge is -2.26. The van der Waals surface area contributed by atoms with Crippen molar-refractivity contribution in [3.8, 4) is 0 Å². The average molecular weight is 181 g/mol. The molecule has 13 heavy (non-hydrogen) atoms. The highest BCUT2D eigenvalue weighted by Crippen LogP contribution is 2.35. The van der Waals surface area contributed by atoms with Crippen LogP contribution < -0.4 is 5.73 Å². The maximum Gasteiger partial charge on any atom is 0.129 e. The van der Waals surface area contributed by atoms with Crippen molar-refractivity contribution < 1.29 is 9.50 Å². The van der Waals surface area contributed by atoms with E-state index in [1.54, 1.807) is 12.1 Å². The van der Waals surface area contributed by atoms with E-state index in [4.69, 9.17) is 5.73 Å². The number of benzene rings is 1. The third-order valence-corrected chi connectivity index (χ3v) is 2.57. The number of nitrogens with two attached hydrogens (primary N) is 1. The summed E-state index contributed by atoms with van der Waals surface area (Å²) in [6, 6.07) is 4.64. The van der Waals surface area contributed by atoms with E-state index in [-0.39, 0.29) is 11.9 Å². The van der Waals surface area contributed by atoms with Crippen LogP contribution in [0.4, 0.5) is 4.39 Å². The van der Waals surface area contributed by atoms with Gasteiger partial charge in [-0.25, -0.2) is 4.39 Å². The fraction of sp³-hybridized carbons (Fsp3) is 0.400. The molecule has 2 nitrogen and oxygen atoms in total. The number of fused-ring (bicyclic) bond motifs is 1. The minimum Gasteiger partial charge on any atom is -0.388 e. The topological polar surface area (TPSA) is 46.2 Å². The summed E-state index contributed by atoms with van der Waals surface area (Å²) in [5.74, 6) is -0.347. The van der Waals surface area contributed by atoms with Crippen LogP contribution in [0.1, 0.15) is 36.1 Å². The van der Waals surface area contributed by atoms with E-state index >= 15 is 0 Å². The lowest BCUT2D eigenvalue weighted by Crippen LogP contribution is -2.21. The molecular formula is C10H12FNO. The summed E-state index contributed by atoms with van der Waals surface area (Å²) >= 11 is 0. The standard InChI is InChI=1S/C10H12FNO/c11-7-3-1-2-6-8(12)4-5-9(13)10(6)7/h1-3,8-9,13H,4-5,12H2. The Hall–Kier alpha value is -0.930. The molecule has 3 N–H and O–H groups in total. The third kappa shape index (κ3) is 1.34. The van der Waals surface area contributed by atoms with Crippen molar-refractivity contribution in [2.45, 2.75) is 25.0 Å². The zero-order valence-corrected chi connectivity index (χ0v) is 7.20. The van der Waals surface area contributed by atoms with Gasteiger partial charge in [-0.1, -0.05) is 12.1 Å². The van der Waals surface area contributed by atoms with Crippen LogP contribution in [0.25, 0.3) is 0 Å². The van der Waals surface area contributed by atoms with Gasteiger partial charge >= 0.3 is 0 Å². The van der Waals surface area contributed by atoms with Gasteiger partial charge < -0.3 is 10.8 Å². The fourth-order valence-electron chi connectivity index (χ4n) is 1.87. The predicted molar refractivity (Wildman–Crippen MR) is 47.5 cm³/mol. The Morgan fingerprint density at radius 2 is 2.15 bits per heavy atom. The second kappa shape index (κ2) is 3.09. The number of hydrogen-bond donors (Lipinski definition) is 2. The average Bonchev–Trinajstić information content (AvgIpc) is 2.12. The molecule has 70 valence electrons. The first-order valence-corrected chi connectivity index (χ1v) is 4.42. The highest BCUT2D eigenvalue weighted by atomic mass is 19.1. The van der Waals surface area contributed by atoms with Gasteiger partial charge in [-0.15, -0.1) is 0 Å². The lowest BCUT2D eigenvalue weighted by atomic mass is 9.86. The van der Waals surface area contributed by atoms with E-state index in [0.717, 1.165) is 12.0 Å². The van der Waals surface area contributed by atoms with Crippen molar-refractivity contribution in [2.24, 2.45) is 5.73 Å². The highest BCUT2D eigenvalue weighted by molar-refractivity contribution is 5.34. The molecule has 0 saturated heterocycles. The summed E-state index contributed by atoms with van der Waals surface area (Å²) in [5, 5.41) is 9.56. The Kier molecular flexibility index (Phi) is 2.06. The zero-order valence-electron chi connectivity index (χ0n) is 7.20. The molecule has 0 fully saturated rings. The van der Waals surface area contributed by atoms with Crippen molar-refractivity contribution in [1.29, 1.82) is 0 Å². The van der Waals surface area contributed by atoms with E-state index in [1.807, 2.05) is 0 Å². The molecule has 0 saturated carbocycles. The monoisotopic (exact) mass is 181 g/mol. The smallest absolute Gasteiger partial charge is 0.129 e. The second-order valence-electron chi connectivity index (χ2n) is 3.44. The molecule has 0 aromatic heterocycles. The maximum atomic E-state index is 13.3. The Morgan fingerprint density at radius 1 is 1.38 bits per heavy atom. The van der Waals surface area contributed by atoms with Gasteiger partial charge in [0.15, 0.2) is 0 Å². The number of hydrogen-bond acceptors (Lipinski definition) is 2. The van der Waals surface area contributed by atoms with Crippen molar-refractivity contribution in [2.75, 3.05) is 0 Å². The van der Waals surface area contributed by atoms with Gasteiger partial charge in [-0.2, -0.15) is 0 Å². The van der Waals surface area contributed by atoms with Gasteiger partial charge in [-0.05, 0) is 24.5 Å². The predicted octanol–water partition coefficient (Wildman–Crippen LogP) is 1.65. The third-order valence-electron chi connectivity index (χ3n) is 2.57. The minimum absolute atomic E-state index is 0.130. The Balaban J connectivity index is 2.56. The largest absolute Gasteiger partial charge is 0.388 e. The molecular weight excluding hydrogens is 169 g/mol. The van der Waals surface area contributed by atoms with Crippen LogP contribution in [-0.4, -0.2) is 5.11 Å². The Bertz CT molecular complexity index is 327. The second-order valence-corrected chi connectivity index (χ2v) is 3.44. The molecule has 0 aliphatic heterocycles. The molecule has 0 bridgehead atoms. The molecule has 0 spiro atoms. The van der Waals surface area contributed by atoms with Crippen LogP contribution in [0.5, 0.6) is 0 Å². The van der Waals surface area contributed by atoms with Crippen molar-refractivity contribution in [3.05, 3.63) is 35.1 Å². The maximum absolute atomic E-state index is 13.3. The van der Waals surface area contributed by atoms with Crippen LogP contribution in [0.3, 0.4) is 0 Å². The number of halogens is 1. The van der Waals surface area contributed by atoms with Crippen molar-refractivity contribution >= 4 is 0 Å². The summed E-state index contributed by atoms with van der Waals surface area (Å²) in [5.41, 5.74) is 6.94. The van der Waals surface area contributed by atoms with Gasteiger partial charge in [0.25, 0.3) is 0 Å². The van der Waals surface area contributed by atoms with Gasteiger partial charge in [-0.3, -0.25) is 0 Å². The molecule has 0 amide bonds. The normalized spacial score (nSPS) is 27.0. The molecule has 0 heterocycles. The molecule has 2 rings (SSSR count). The summed E-state index contributed by atoms with van der Waals surface area (Å²) < 4.78 is 13.3. The van der Waals surface area contributed by atoms with E-state index in [2.05, 4.69) is 0 Å². The van der Waals surface area contributed by atoms with E-state index in [1.165, 1.54) is 6.07 Å². The van der Waals surface area contributed by atoms with Crippen LogP contribution in [-0.2, 0) is 0 Å². The number of aliphatic hydroxyl groups excluding tert-OH is 1. The van der Waals surface area contributed by atoms with Crippen LogP contribution >= 0.6 is 0 Å². The summed E-state index contributed by atoms with van der Waals surface area (Å²) in [6.07, 6.45) is 0.586. The molecule has 2 unspecified atom stereocenters. The minimum atomic E-state index is -0.684. The SMILES string of the molecule is NC1CCC(O)c2c(F)cccc21. The molecule has 0 radical (unpaired) electrons. The van der Waals surface area contributed by atoms with E-state index in [9.17, 15) is 9.50 Å². The van der Waals surface area contributed by atoms with Crippen molar-refractivity contribution in [3.63, 3.8) is 0 Å². The fourth-order valence-corrected chi connectivity index (χ4v) is 1.87. The van der Waals surface area contributed by atoms with Crippen molar-refractivity contribution in [1.82, 2.24) is 0 Å². The molecule has 3 heteroatoms.